The Bertz CT molecular complexity index is 1280. The lowest BCUT2D eigenvalue weighted by Gasteiger charge is -2.21. The molecule has 32 heavy (non-hydrogen) atoms. The standard InChI is InChI=1S/C25H24N4O3/c1-16-22-20(15-21(18-11-7-5-8-12-18)26-23(22)29(4)27-16)25(31)32-17(2)24(30)28(3)19-13-9-6-10-14-19/h5-15,17H,1-4H3. The van der Waals surface area contributed by atoms with E-state index in [9.17, 15) is 9.59 Å². The fraction of sp³-hybridized carbons (Fsp3) is 0.200. The summed E-state index contributed by atoms with van der Waals surface area (Å²) in [6, 6.07) is 20.5. The minimum Gasteiger partial charge on any atom is -0.449 e. The Morgan fingerprint density at radius 3 is 2.31 bits per heavy atom. The SMILES string of the molecule is Cc1nn(C)c2nc(-c3ccccc3)cc(C(=O)OC(C)C(=O)N(C)c3ccccc3)c12. The average molecular weight is 428 g/mol. The summed E-state index contributed by atoms with van der Waals surface area (Å²) in [5.74, 6) is -0.908. The van der Waals surface area contributed by atoms with Crippen LogP contribution in [-0.2, 0) is 16.6 Å². The number of carbonyl (C=O) groups is 2. The summed E-state index contributed by atoms with van der Waals surface area (Å²) in [6.07, 6.45) is -0.965. The monoisotopic (exact) mass is 428 g/mol. The summed E-state index contributed by atoms with van der Waals surface area (Å²) in [4.78, 5) is 32.3. The van der Waals surface area contributed by atoms with Crippen LogP contribution >= 0.6 is 0 Å². The van der Waals surface area contributed by atoms with E-state index in [4.69, 9.17) is 9.72 Å². The van der Waals surface area contributed by atoms with Gasteiger partial charge in [0.1, 0.15) is 0 Å². The third-order valence-corrected chi connectivity index (χ3v) is 5.36. The number of pyridine rings is 1. The van der Waals surface area contributed by atoms with Crippen molar-refractivity contribution < 1.29 is 14.3 Å². The molecule has 2 heterocycles. The number of esters is 1. The van der Waals surface area contributed by atoms with Crippen LogP contribution in [0.2, 0.25) is 0 Å². The number of carbonyl (C=O) groups excluding carboxylic acids is 2. The third-order valence-electron chi connectivity index (χ3n) is 5.36. The summed E-state index contributed by atoms with van der Waals surface area (Å²) < 4.78 is 7.25. The number of hydrogen-bond acceptors (Lipinski definition) is 5. The molecule has 2 aromatic carbocycles. The van der Waals surface area contributed by atoms with E-state index in [-0.39, 0.29) is 5.91 Å². The summed E-state index contributed by atoms with van der Waals surface area (Å²) >= 11 is 0. The largest absolute Gasteiger partial charge is 0.449 e. The molecule has 4 aromatic rings. The first-order chi connectivity index (χ1) is 15.4. The number of amides is 1. The van der Waals surface area contributed by atoms with Gasteiger partial charge in [0, 0.05) is 25.3 Å². The number of aromatic nitrogens is 3. The number of likely N-dealkylation sites (N-methyl/N-ethyl adjacent to an activating group) is 1. The van der Waals surface area contributed by atoms with Gasteiger partial charge >= 0.3 is 5.97 Å². The van der Waals surface area contributed by atoms with Gasteiger partial charge in [0.2, 0.25) is 0 Å². The van der Waals surface area contributed by atoms with Gasteiger partial charge in [-0.25, -0.2) is 9.78 Å². The van der Waals surface area contributed by atoms with Gasteiger partial charge in [-0.3, -0.25) is 9.48 Å². The highest BCUT2D eigenvalue weighted by atomic mass is 16.5. The van der Waals surface area contributed by atoms with Crippen LogP contribution in [0.1, 0.15) is 23.0 Å². The number of fused-ring (bicyclic) bond motifs is 1. The zero-order valence-electron chi connectivity index (χ0n) is 18.4. The summed E-state index contributed by atoms with van der Waals surface area (Å²) in [5, 5.41) is 5.04. The maximum Gasteiger partial charge on any atom is 0.339 e. The van der Waals surface area contributed by atoms with Crippen molar-refractivity contribution in [1.29, 1.82) is 0 Å². The predicted octanol–water partition coefficient (Wildman–Crippen LogP) is 4.15. The number of benzene rings is 2. The second-order valence-corrected chi connectivity index (χ2v) is 7.61. The van der Waals surface area contributed by atoms with Gasteiger partial charge < -0.3 is 9.64 Å². The van der Waals surface area contributed by atoms with Crippen molar-refractivity contribution in [3.63, 3.8) is 0 Å². The zero-order chi connectivity index (χ0) is 22.8. The van der Waals surface area contributed by atoms with E-state index < -0.39 is 12.1 Å². The van der Waals surface area contributed by atoms with Gasteiger partial charge in [-0.1, -0.05) is 48.5 Å². The number of aryl methyl sites for hydroxylation is 2. The molecule has 0 fully saturated rings. The van der Waals surface area contributed by atoms with E-state index in [2.05, 4.69) is 5.10 Å². The second kappa shape index (κ2) is 8.63. The number of rotatable bonds is 5. The molecule has 0 aliphatic rings. The highest BCUT2D eigenvalue weighted by Crippen LogP contribution is 2.27. The van der Waals surface area contributed by atoms with Crippen molar-refractivity contribution in [1.82, 2.24) is 14.8 Å². The van der Waals surface area contributed by atoms with E-state index in [1.165, 1.54) is 4.90 Å². The maximum atomic E-state index is 13.2. The molecule has 0 spiro atoms. The van der Waals surface area contributed by atoms with Crippen molar-refractivity contribution in [3.8, 4) is 11.3 Å². The van der Waals surface area contributed by atoms with Crippen LogP contribution in [0.5, 0.6) is 0 Å². The smallest absolute Gasteiger partial charge is 0.339 e. The molecule has 0 radical (unpaired) electrons. The number of nitrogens with zero attached hydrogens (tertiary/aromatic N) is 4. The van der Waals surface area contributed by atoms with Crippen LogP contribution in [0.4, 0.5) is 5.69 Å². The lowest BCUT2D eigenvalue weighted by molar-refractivity contribution is -0.126. The van der Waals surface area contributed by atoms with Gasteiger partial charge in [-0.2, -0.15) is 5.10 Å². The average Bonchev–Trinajstić information content (AvgIpc) is 3.11. The maximum absolute atomic E-state index is 13.2. The first-order valence-corrected chi connectivity index (χ1v) is 10.3. The first-order valence-electron chi connectivity index (χ1n) is 10.3. The Kier molecular flexibility index (Phi) is 5.73. The first kappa shape index (κ1) is 21.2. The molecule has 7 nitrogen and oxygen atoms in total. The molecule has 0 aliphatic carbocycles. The molecule has 0 saturated heterocycles. The van der Waals surface area contributed by atoms with Crippen molar-refractivity contribution in [2.75, 3.05) is 11.9 Å². The highest BCUT2D eigenvalue weighted by Gasteiger charge is 2.26. The summed E-state index contributed by atoms with van der Waals surface area (Å²) in [7, 11) is 3.44. The highest BCUT2D eigenvalue weighted by molar-refractivity contribution is 6.06. The molecule has 7 heteroatoms. The Balaban J connectivity index is 1.68. The molecule has 0 bridgehead atoms. The normalized spacial score (nSPS) is 11.9. The Morgan fingerprint density at radius 2 is 1.66 bits per heavy atom. The number of hydrogen-bond donors (Lipinski definition) is 0. The van der Waals surface area contributed by atoms with Gasteiger partial charge in [-0.15, -0.1) is 0 Å². The molecule has 4 rings (SSSR count). The molecule has 1 unspecified atom stereocenters. The lowest BCUT2D eigenvalue weighted by Crippen LogP contribution is -2.37. The summed E-state index contributed by atoms with van der Waals surface area (Å²) in [6.45, 7) is 3.40. The van der Waals surface area contributed by atoms with Crippen LogP contribution in [0, 0.1) is 6.92 Å². The minimum atomic E-state index is -0.965. The Morgan fingerprint density at radius 1 is 1.03 bits per heavy atom. The van der Waals surface area contributed by atoms with Crippen molar-refractivity contribution in [3.05, 3.63) is 78.0 Å². The van der Waals surface area contributed by atoms with Crippen molar-refractivity contribution in [2.24, 2.45) is 7.05 Å². The second-order valence-electron chi connectivity index (χ2n) is 7.61. The van der Waals surface area contributed by atoms with E-state index in [1.807, 2.05) is 67.6 Å². The minimum absolute atomic E-state index is 0.318. The van der Waals surface area contributed by atoms with Crippen LogP contribution in [-0.4, -0.2) is 39.8 Å². The van der Waals surface area contributed by atoms with Gasteiger partial charge in [0.15, 0.2) is 11.8 Å². The van der Waals surface area contributed by atoms with E-state index >= 15 is 0 Å². The van der Waals surface area contributed by atoms with Gasteiger partial charge in [0.05, 0.1) is 22.3 Å². The predicted molar refractivity (Wildman–Crippen MR) is 123 cm³/mol. The molecule has 0 saturated carbocycles. The van der Waals surface area contributed by atoms with Crippen LogP contribution in [0.15, 0.2) is 66.7 Å². The van der Waals surface area contributed by atoms with Crippen LogP contribution in [0.25, 0.3) is 22.3 Å². The molecule has 0 N–H and O–H groups in total. The summed E-state index contributed by atoms with van der Waals surface area (Å²) in [5.41, 5.74) is 3.81. The number of para-hydroxylation sites is 1. The fourth-order valence-corrected chi connectivity index (χ4v) is 3.69. The Hall–Kier alpha value is -4.00. The molecular weight excluding hydrogens is 404 g/mol. The Labute approximate surface area is 186 Å². The third kappa shape index (κ3) is 3.97. The number of anilines is 1. The molecular formula is C25H24N4O3. The number of ether oxygens (including phenoxy) is 1. The quantitative estimate of drug-likeness (QED) is 0.446. The molecule has 0 aliphatic heterocycles. The van der Waals surface area contributed by atoms with Crippen molar-refractivity contribution in [2.45, 2.75) is 20.0 Å². The molecule has 1 atom stereocenters. The van der Waals surface area contributed by atoms with E-state index in [0.29, 0.717) is 28.0 Å². The van der Waals surface area contributed by atoms with Gasteiger partial charge in [-0.05, 0) is 32.0 Å². The van der Waals surface area contributed by atoms with E-state index in [1.54, 1.807) is 31.8 Å². The fourth-order valence-electron chi connectivity index (χ4n) is 3.69. The topological polar surface area (TPSA) is 77.3 Å². The molecule has 1 amide bonds. The molecule has 162 valence electrons. The zero-order valence-corrected chi connectivity index (χ0v) is 18.4. The van der Waals surface area contributed by atoms with Gasteiger partial charge in [0.25, 0.3) is 5.91 Å². The van der Waals surface area contributed by atoms with Crippen LogP contribution in [0.3, 0.4) is 0 Å². The van der Waals surface area contributed by atoms with Crippen LogP contribution < -0.4 is 4.90 Å². The van der Waals surface area contributed by atoms with Crippen molar-refractivity contribution >= 4 is 28.6 Å². The van der Waals surface area contributed by atoms with E-state index in [0.717, 1.165) is 11.3 Å². The molecule has 2 aromatic heterocycles. The lowest BCUT2D eigenvalue weighted by atomic mass is 10.1.